The summed E-state index contributed by atoms with van der Waals surface area (Å²) in [5, 5.41) is 0. The molecule has 1 aliphatic rings. The van der Waals surface area contributed by atoms with Crippen LogP contribution in [-0.2, 0) is 0 Å². The van der Waals surface area contributed by atoms with E-state index in [4.69, 9.17) is 5.73 Å². The molecule has 19 heavy (non-hydrogen) atoms. The summed E-state index contributed by atoms with van der Waals surface area (Å²) in [6.07, 6.45) is 5.75. The van der Waals surface area contributed by atoms with Crippen LogP contribution in [0.25, 0.3) is 0 Å². The molecule has 1 saturated carbocycles. The second-order valence-electron chi connectivity index (χ2n) is 6.12. The van der Waals surface area contributed by atoms with Gasteiger partial charge in [0.05, 0.1) is 0 Å². The zero-order valence-electron chi connectivity index (χ0n) is 12.3. The van der Waals surface area contributed by atoms with E-state index in [0.29, 0.717) is 5.92 Å². The Morgan fingerprint density at radius 1 is 1.11 bits per heavy atom. The highest BCUT2D eigenvalue weighted by atomic mass is 32.2. The minimum Gasteiger partial charge on any atom is -0.323 e. The Bertz CT molecular complexity index is 365. The molecule has 0 aliphatic heterocycles. The molecular formula is C17H27NS. The molecule has 1 unspecified atom stereocenters. The molecule has 2 rings (SSSR count). The molecule has 1 nitrogen and oxygen atoms in total. The number of benzene rings is 1. The monoisotopic (exact) mass is 277 g/mol. The Morgan fingerprint density at radius 3 is 2.26 bits per heavy atom. The third kappa shape index (κ3) is 4.54. The van der Waals surface area contributed by atoms with Crippen LogP contribution in [0.4, 0.5) is 0 Å². The van der Waals surface area contributed by atoms with Crippen molar-refractivity contribution in [1.82, 2.24) is 0 Å². The van der Waals surface area contributed by atoms with Crippen LogP contribution >= 0.6 is 11.8 Å². The fourth-order valence-electron chi connectivity index (χ4n) is 2.76. The van der Waals surface area contributed by atoms with Gasteiger partial charge in [-0.2, -0.15) is 11.8 Å². The molecule has 1 aliphatic carbocycles. The average Bonchev–Trinajstić information content (AvgIpc) is 2.92. The van der Waals surface area contributed by atoms with Crippen molar-refractivity contribution in [2.75, 3.05) is 11.5 Å². The van der Waals surface area contributed by atoms with Crippen molar-refractivity contribution in [1.29, 1.82) is 0 Å². The summed E-state index contributed by atoms with van der Waals surface area (Å²) in [7, 11) is 0. The maximum Gasteiger partial charge on any atom is 0.0386 e. The molecule has 1 fully saturated rings. The number of rotatable bonds is 6. The van der Waals surface area contributed by atoms with Gasteiger partial charge >= 0.3 is 0 Å². The molecule has 2 heteroatoms. The Labute approximate surface area is 122 Å². The van der Waals surface area contributed by atoms with E-state index in [2.05, 4.69) is 38.1 Å². The van der Waals surface area contributed by atoms with Crippen LogP contribution in [0, 0.1) is 5.92 Å². The molecule has 0 spiro atoms. The van der Waals surface area contributed by atoms with Crippen molar-refractivity contribution >= 4 is 11.8 Å². The summed E-state index contributed by atoms with van der Waals surface area (Å²) in [4.78, 5) is 0. The van der Waals surface area contributed by atoms with Crippen LogP contribution in [-0.4, -0.2) is 11.5 Å². The number of thioether (sulfide) groups is 1. The summed E-state index contributed by atoms with van der Waals surface area (Å²) >= 11 is 2.04. The highest BCUT2D eigenvalue weighted by Crippen LogP contribution is 2.29. The third-order valence-electron chi connectivity index (χ3n) is 4.16. The first-order valence-corrected chi connectivity index (χ1v) is 8.75. The van der Waals surface area contributed by atoms with E-state index in [9.17, 15) is 0 Å². The standard InChI is InChI=1S/C17H27NS/c1-13(2)15-7-9-16(10-8-15)17(18)12-19-11-14-5-3-4-6-14/h7-10,13-14,17H,3-6,11-12,18H2,1-2H3. The van der Waals surface area contributed by atoms with Gasteiger partial charge in [-0.1, -0.05) is 51.0 Å². The van der Waals surface area contributed by atoms with E-state index in [1.165, 1.54) is 42.6 Å². The number of hydrogen-bond acceptors (Lipinski definition) is 2. The first kappa shape index (κ1) is 14.9. The van der Waals surface area contributed by atoms with Gasteiger partial charge in [-0.25, -0.2) is 0 Å². The van der Waals surface area contributed by atoms with Crippen LogP contribution in [0.15, 0.2) is 24.3 Å². The van der Waals surface area contributed by atoms with Gasteiger partial charge in [0.1, 0.15) is 0 Å². The van der Waals surface area contributed by atoms with Crippen molar-refractivity contribution in [3.8, 4) is 0 Å². The molecule has 106 valence electrons. The molecule has 0 aromatic heterocycles. The van der Waals surface area contributed by atoms with Gasteiger partial charge in [-0.3, -0.25) is 0 Å². The summed E-state index contributed by atoms with van der Waals surface area (Å²) in [6, 6.07) is 9.04. The Kier molecular flexibility index (Phi) is 5.77. The van der Waals surface area contributed by atoms with E-state index >= 15 is 0 Å². The molecule has 0 amide bonds. The van der Waals surface area contributed by atoms with Crippen LogP contribution in [0.3, 0.4) is 0 Å². The smallest absolute Gasteiger partial charge is 0.0386 e. The Hall–Kier alpha value is -0.470. The summed E-state index contributed by atoms with van der Waals surface area (Å²) in [6.45, 7) is 4.46. The quantitative estimate of drug-likeness (QED) is 0.813. The zero-order chi connectivity index (χ0) is 13.7. The second kappa shape index (κ2) is 7.35. The highest BCUT2D eigenvalue weighted by Gasteiger charge is 2.15. The van der Waals surface area contributed by atoms with Gasteiger partial charge < -0.3 is 5.73 Å². The van der Waals surface area contributed by atoms with Gasteiger partial charge in [-0.05, 0) is 41.6 Å². The molecule has 2 N–H and O–H groups in total. The highest BCUT2D eigenvalue weighted by molar-refractivity contribution is 7.99. The van der Waals surface area contributed by atoms with Crippen LogP contribution in [0.5, 0.6) is 0 Å². The second-order valence-corrected chi connectivity index (χ2v) is 7.19. The SMILES string of the molecule is CC(C)c1ccc(C(N)CSCC2CCCC2)cc1. The van der Waals surface area contributed by atoms with Crippen LogP contribution in [0.2, 0.25) is 0 Å². The van der Waals surface area contributed by atoms with E-state index in [1.807, 2.05) is 11.8 Å². The first-order valence-electron chi connectivity index (χ1n) is 7.60. The minimum atomic E-state index is 0.188. The lowest BCUT2D eigenvalue weighted by Gasteiger charge is -2.15. The molecule has 0 bridgehead atoms. The van der Waals surface area contributed by atoms with E-state index in [1.54, 1.807) is 0 Å². The van der Waals surface area contributed by atoms with Crippen molar-refractivity contribution in [3.63, 3.8) is 0 Å². The summed E-state index contributed by atoms with van der Waals surface area (Å²) in [5.74, 6) is 3.91. The topological polar surface area (TPSA) is 26.0 Å². The lowest BCUT2D eigenvalue weighted by atomic mass is 10.00. The Balaban J connectivity index is 1.76. The number of nitrogens with two attached hydrogens (primary N) is 1. The summed E-state index contributed by atoms with van der Waals surface area (Å²) < 4.78 is 0. The van der Waals surface area contributed by atoms with E-state index in [0.717, 1.165) is 11.7 Å². The van der Waals surface area contributed by atoms with E-state index in [-0.39, 0.29) is 6.04 Å². The normalized spacial score (nSPS) is 18.1. The fraction of sp³-hybridized carbons (Fsp3) is 0.647. The molecule has 1 aromatic carbocycles. The first-order chi connectivity index (χ1) is 9.16. The molecule has 1 atom stereocenters. The molecule has 0 saturated heterocycles. The third-order valence-corrected chi connectivity index (χ3v) is 5.46. The van der Waals surface area contributed by atoms with Gasteiger partial charge in [0.25, 0.3) is 0 Å². The predicted octanol–water partition coefficient (Wildman–Crippen LogP) is 4.73. The largest absolute Gasteiger partial charge is 0.323 e. The lowest BCUT2D eigenvalue weighted by molar-refractivity contribution is 0.622. The molecule has 0 heterocycles. The molecular weight excluding hydrogens is 250 g/mol. The van der Waals surface area contributed by atoms with Crippen molar-refractivity contribution < 1.29 is 0 Å². The fourth-order valence-corrected chi connectivity index (χ4v) is 4.01. The van der Waals surface area contributed by atoms with Gasteiger partial charge in [0.15, 0.2) is 0 Å². The molecule has 1 aromatic rings. The predicted molar refractivity (Wildman–Crippen MR) is 86.7 cm³/mol. The van der Waals surface area contributed by atoms with Gasteiger partial charge in [0.2, 0.25) is 0 Å². The maximum atomic E-state index is 6.29. The minimum absolute atomic E-state index is 0.188. The average molecular weight is 277 g/mol. The lowest BCUT2D eigenvalue weighted by Crippen LogP contribution is -2.14. The number of hydrogen-bond donors (Lipinski definition) is 1. The Morgan fingerprint density at radius 2 is 1.68 bits per heavy atom. The van der Waals surface area contributed by atoms with Crippen molar-refractivity contribution in [2.45, 2.75) is 51.5 Å². The van der Waals surface area contributed by atoms with Crippen LogP contribution < -0.4 is 5.73 Å². The van der Waals surface area contributed by atoms with Crippen molar-refractivity contribution in [2.24, 2.45) is 11.7 Å². The van der Waals surface area contributed by atoms with Crippen LogP contribution in [0.1, 0.15) is 62.6 Å². The van der Waals surface area contributed by atoms with E-state index < -0.39 is 0 Å². The maximum absolute atomic E-state index is 6.29. The van der Waals surface area contributed by atoms with Gasteiger partial charge in [0, 0.05) is 11.8 Å². The van der Waals surface area contributed by atoms with Crippen molar-refractivity contribution in [3.05, 3.63) is 35.4 Å². The van der Waals surface area contributed by atoms with Gasteiger partial charge in [-0.15, -0.1) is 0 Å². The zero-order valence-corrected chi connectivity index (χ0v) is 13.1. The summed E-state index contributed by atoms with van der Waals surface area (Å²) in [5.41, 5.74) is 8.96. The molecule has 0 radical (unpaired) electrons.